The zero-order valence-electron chi connectivity index (χ0n) is 17.6. The van der Waals surface area contributed by atoms with Gasteiger partial charge in [-0.25, -0.2) is 4.79 Å². The number of urea groups is 1. The maximum Gasteiger partial charge on any atom is 0.323 e. The van der Waals surface area contributed by atoms with Gasteiger partial charge in [-0.05, 0) is 47.4 Å². The fraction of sp³-hybridized carbons (Fsp3) is 0.148. The van der Waals surface area contributed by atoms with Crippen LogP contribution in [0.5, 0.6) is 0 Å². The zero-order chi connectivity index (χ0) is 21.5. The van der Waals surface area contributed by atoms with Gasteiger partial charge in [0.05, 0.1) is 18.8 Å². The minimum absolute atomic E-state index is 0.182. The van der Waals surface area contributed by atoms with Gasteiger partial charge >= 0.3 is 6.03 Å². The van der Waals surface area contributed by atoms with Crippen molar-refractivity contribution in [2.75, 3.05) is 5.32 Å². The standard InChI is InChI=1S/C27H26N2O2/c1-2-21-15-17-24(18-16-21)28-27(30)29(20-25-14-9-19-31-25)26(22-10-5-3-6-11-22)23-12-7-4-8-13-23/h3-19,26H,2,20H2,1H3,(H,28,30). The largest absolute Gasteiger partial charge is 0.467 e. The Labute approximate surface area is 183 Å². The van der Waals surface area contributed by atoms with Crippen LogP contribution in [0.25, 0.3) is 0 Å². The van der Waals surface area contributed by atoms with Gasteiger partial charge in [0.1, 0.15) is 5.76 Å². The molecule has 0 saturated carbocycles. The number of benzene rings is 3. The number of nitrogens with one attached hydrogen (secondary N) is 1. The quantitative estimate of drug-likeness (QED) is 0.370. The van der Waals surface area contributed by atoms with Crippen LogP contribution >= 0.6 is 0 Å². The molecule has 0 fully saturated rings. The second-order valence-electron chi connectivity index (χ2n) is 7.41. The van der Waals surface area contributed by atoms with Crippen LogP contribution in [-0.2, 0) is 13.0 Å². The van der Waals surface area contributed by atoms with Gasteiger partial charge in [-0.3, -0.25) is 0 Å². The Bertz CT molecular complexity index is 1040. The second kappa shape index (κ2) is 9.81. The van der Waals surface area contributed by atoms with E-state index in [0.29, 0.717) is 6.54 Å². The Morgan fingerprint density at radius 1 is 0.839 bits per heavy atom. The highest BCUT2D eigenvalue weighted by atomic mass is 16.3. The smallest absolute Gasteiger partial charge is 0.323 e. The lowest BCUT2D eigenvalue weighted by Gasteiger charge is -2.32. The van der Waals surface area contributed by atoms with Crippen molar-refractivity contribution in [2.24, 2.45) is 0 Å². The summed E-state index contributed by atoms with van der Waals surface area (Å²) in [5.41, 5.74) is 4.08. The van der Waals surface area contributed by atoms with Crippen LogP contribution in [0.1, 0.15) is 35.4 Å². The third-order valence-corrected chi connectivity index (χ3v) is 5.32. The number of rotatable bonds is 7. The van der Waals surface area contributed by atoms with E-state index in [1.165, 1.54) is 5.56 Å². The number of nitrogens with zero attached hydrogens (tertiary/aromatic N) is 1. The van der Waals surface area contributed by atoms with Crippen LogP contribution in [-0.4, -0.2) is 10.9 Å². The lowest BCUT2D eigenvalue weighted by molar-refractivity contribution is 0.188. The highest BCUT2D eigenvalue weighted by Crippen LogP contribution is 2.31. The summed E-state index contributed by atoms with van der Waals surface area (Å²) in [5.74, 6) is 0.730. The van der Waals surface area contributed by atoms with Crippen molar-refractivity contribution in [3.63, 3.8) is 0 Å². The van der Waals surface area contributed by atoms with E-state index >= 15 is 0 Å². The van der Waals surface area contributed by atoms with Gasteiger partial charge in [0.25, 0.3) is 0 Å². The van der Waals surface area contributed by atoms with Crippen molar-refractivity contribution in [1.82, 2.24) is 4.90 Å². The summed E-state index contributed by atoms with van der Waals surface area (Å²) >= 11 is 0. The van der Waals surface area contributed by atoms with Crippen LogP contribution in [0.15, 0.2) is 108 Å². The Hall–Kier alpha value is -3.79. The van der Waals surface area contributed by atoms with Gasteiger partial charge in [0.2, 0.25) is 0 Å². The highest BCUT2D eigenvalue weighted by molar-refractivity contribution is 5.90. The Morgan fingerprint density at radius 3 is 1.97 bits per heavy atom. The molecule has 1 heterocycles. The van der Waals surface area contributed by atoms with Gasteiger partial charge in [-0.1, -0.05) is 79.7 Å². The molecule has 0 aliphatic heterocycles. The van der Waals surface area contributed by atoms with Gasteiger partial charge < -0.3 is 14.6 Å². The average Bonchev–Trinajstić information content (AvgIpc) is 3.34. The van der Waals surface area contributed by atoms with Crippen molar-refractivity contribution in [1.29, 1.82) is 0 Å². The van der Waals surface area contributed by atoms with Crippen LogP contribution in [0.2, 0.25) is 0 Å². The van der Waals surface area contributed by atoms with E-state index in [9.17, 15) is 4.79 Å². The van der Waals surface area contributed by atoms with E-state index in [0.717, 1.165) is 29.0 Å². The van der Waals surface area contributed by atoms with Crippen LogP contribution < -0.4 is 5.32 Å². The lowest BCUT2D eigenvalue weighted by Crippen LogP contribution is -2.38. The summed E-state index contributed by atoms with van der Waals surface area (Å²) < 4.78 is 5.59. The number of anilines is 1. The molecule has 156 valence electrons. The summed E-state index contributed by atoms with van der Waals surface area (Å²) in [6.07, 6.45) is 2.60. The van der Waals surface area contributed by atoms with Crippen molar-refractivity contribution in [3.05, 3.63) is 126 Å². The molecule has 2 amide bonds. The first kappa shape index (κ1) is 20.5. The minimum atomic E-state index is -0.262. The van der Waals surface area contributed by atoms with Gasteiger partial charge in [-0.2, -0.15) is 0 Å². The van der Waals surface area contributed by atoms with Crippen LogP contribution in [0.4, 0.5) is 10.5 Å². The number of hydrogen-bond donors (Lipinski definition) is 1. The number of carbonyl (C=O) groups is 1. The summed E-state index contributed by atoms with van der Waals surface area (Å²) in [4.78, 5) is 15.4. The number of amides is 2. The predicted octanol–water partition coefficient (Wildman–Crippen LogP) is 6.67. The van der Waals surface area contributed by atoms with E-state index in [-0.39, 0.29) is 12.1 Å². The number of aryl methyl sites for hydroxylation is 1. The highest BCUT2D eigenvalue weighted by Gasteiger charge is 2.28. The minimum Gasteiger partial charge on any atom is -0.467 e. The van der Waals surface area contributed by atoms with E-state index in [1.54, 1.807) is 6.26 Å². The summed E-state index contributed by atoms with van der Waals surface area (Å²) in [7, 11) is 0. The molecule has 4 nitrogen and oxygen atoms in total. The second-order valence-corrected chi connectivity index (χ2v) is 7.41. The molecule has 1 N–H and O–H groups in total. The molecule has 0 atom stereocenters. The van der Waals surface area contributed by atoms with Gasteiger partial charge in [-0.15, -0.1) is 0 Å². The summed E-state index contributed by atoms with van der Waals surface area (Å²) in [6, 6.07) is 31.4. The normalized spacial score (nSPS) is 10.8. The first-order chi connectivity index (χ1) is 15.2. The molecule has 0 bridgehead atoms. The molecule has 31 heavy (non-hydrogen) atoms. The molecular formula is C27H26N2O2. The van der Waals surface area contributed by atoms with E-state index in [2.05, 4.69) is 36.5 Å². The third kappa shape index (κ3) is 5.04. The van der Waals surface area contributed by atoms with Crippen LogP contribution in [0.3, 0.4) is 0 Å². The molecule has 0 unspecified atom stereocenters. The molecule has 4 aromatic rings. The predicted molar refractivity (Wildman–Crippen MR) is 124 cm³/mol. The molecule has 4 rings (SSSR count). The van der Waals surface area contributed by atoms with Gasteiger partial charge in [0.15, 0.2) is 0 Å². The molecule has 0 aliphatic rings. The third-order valence-electron chi connectivity index (χ3n) is 5.32. The molecule has 0 aliphatic carbocycles. The average molecular weight is 411 g/mol. The molecule has 3 aromatic carbocycles. The lowest BCUT2D eigenvalue weighted by atomic mass is 9.97. The Kier molecular flexibility index (Phi) is 6.48. The van der Waals surface area contributed by atoms with E-state index < -0.39 is 0 Å². The zero-order valence-corrected chi connectivity index (χ0v) is 17.6. The molecule has 4 heteroatoms. The topological polar surface area (TPSA) is 45.5 Å². The molecule has 0 saturated heterocycles. The Morgan fingerprint density at radius 2 is 1.45 bits per heavy atom. The number of hydrogen-bond acceptors (Lipinski definition) is 2. The van der Waals surface area contributed by atoms with Gasteiger partial charge in [0, 0.05) is 5.69 Å². The van der Waals surface area contributed by atoms with Crippen molar-refractivity contribution < 1.29 is 9.21 Å². The molecule has 1 aromatic heterocycles. The number of carbonyl (C=O) groups excluding carboxylic acids is 1. The Balaban J connectivity index is 1.71. The number of furan rings is 1. The summed E-state index contributed by atoms with van der Waals surface area (Å²) in [6.45, 7) is 2.46. The van der Waals surface area contributed by atoms with Crippen molar-refractivity contribution in [2.45, 2.75) is 25.9 Å². The first-order valence-corrected chi connectivity index (χ1v) is 10.5. The fourth-order valence-electron chi connectivity index (χ4n) is 3.69. The molecule has 0 spiro atoms. The molecule has 0 radical (unpaired) electrons. The van der Waals surface area contributed by atoms with Crippen molar-refractivity contribution >= 4 is 11.7 Å². The first-order valence-electron chi connectivity index (χ1n) is 10.5. The maximum atomic E-state index is 13.6. The van der Waals surface area contributed by atoms with E-state index in [4.69, 9.17) is 4.42 Å². The maximum absolute atomic E-state index is 13.6. The summed E-state index contributed by atoms with van der Waals surface area (Å²) in [5, 5.41) is 3.07. The van der Waals surface area contributed by atoms with Crippen molar-refractivity contribution in [3.8, 4) is 0 Å². The van der Waals surface area contributed by atoms with E-state index in [1.807, 2.05) is 77.7 Å². The monoisotopic (exact) mass is 410 g/mol. The SMILES string of the molecule is CCc1ccc(NC(=O)N(Cc2ccco2)C(c2ccccc2)c2ccccc2)cc1. The fourth-order valence-corrected chi connectivity index (χ4v) is 3.69. The molecular weight excluding hydrogens is 384 g/mol. The van der Waals surface area contributed by atoms with Crippen LogP contribution in [0, 0.1) is 0 Å².